The van der Waals surface area contributed by atoms with Crippen LogP contribution >= 0.6 is 11.6 Å². The first kappa shape index (κ1) is 17.0. The van der Waals surface area contributed by atoms with E-state index in [2.05, 4.69) is 10.3 Å². The van der Waals surface area contributed by atoms with Crippen LogP contribution in [0, 0.1) is 0 Å². The molecule has 122 valence electrons. The minimum Gasteiger partial charge on any atom is -0.473 e. The number of methoxy groups -OCH3 is 1. The van der Waals surface area contributed by atoms with E-state index < -0.39 is 0 Å². The van der Waals surface area contributed by atoms with E-state index in [0.717, 1.165) is 19.3 Å². The van der Waals surface area contributed by atoms with Gasteiger partial charge >= 0.3 is 0 Å². The summed E-state index contributed by atoms with van der Waals surface area (Å²) >= 11 is 6.16. The number of pyridine rings is 1. The zero-order valence-electron chi connectivity index (χ0n) is 12.6. The monoisotopic (exact) mass is 328 g/mol. The van der Waals surface area contributed by atoms with Crippen molar-refractivity contribution in [1.29, 1.82) is 0 Å². The topological polar surface area (TPSA) is 69.7 Å². The number of carbonyl (C=O) groups is 1. The molecule has 0 aliphatic carbocycles. The predicted octanol–water partition coefficient (Wildman–Crippen LogP) is 2.06. The van der Waals surface area contributed by atoms with Crippen LogP contribution in [0.15, 0.2) is 12.3 Å². The van der Waals surface area contributed by atoms with Gasteiger partial charge in [-0.2, -0.15) is 0 Å². The van der Waals surface area contributed by atoms with E-state index in [1.165, 1.54) is 6.20 Å². The van der Waals surface area contributed by atoms with Crippen LogP contribution in [-0.4, -0.2) is 50.5 Å². The Morgan fingerprint density at radius 1 is 1.50 bits per heavy atom. The van der Waals surface area contributed by atoms with Crippen LogP contribution in [0.5, 0.6) is 5.88 Å². The van der Waals surface area contributed by atoms with Crippen molar-refractivity contribution in [1.82, 2.24) is 10.3 Å². The highest BCUT2D eigenvalue weighted by Crippen LogP contribution is 2.25. The number of rotatable bonds is 7. The van der Waals surface area contributed by atoms with Gasteiger partial charge in [-0.25, -0.2) is 4.98 Å². The highest BCUT2D eigenvalue weighted by molar-refractivity contribution is 6.32. The molecule has 0 spiro atoms. The average Bonchev–Trinajstić information content (AvgIpc) is 2.54. The number of hydrogen-bond acceptors (Lipinski definition) is 5. The molecule has 0 unspecified atom stereocenters. The van der Waals surface area contributed by atoms with Gasteiger partial charge in [-0.3, -0.25) is 4.79 Å². The number of hydrogen-bond donors (Lipinski definition) is 1. The SMILES string of the molecule is COCCCNC(=O)c1cnc(OC2CCOCC2)c(Cl)c1. The molecule has 22 heavy (non-hydrogen) atoms. The highest BCUT2D eigenvalue weighted by Gasteiger charge is 2.18. The second-order valence-corrected chi connectivity index (χ2v) is 5.45. The summed E-state index contributed by atoms with van der Waals surface area (Å²) in [7, 11) is 1.63. The van der Waals surface area contributed by atoms with Gasteiger partial charge in [0.05, 0.1) is 18.8 Å². The van der Waals surface area contributed by atoms with E-state index >= 15 is 0 Å². The van der Waals surface area contributed by atoms with Crippen LogP contribution in [0.1, 0.15) is 29.6 Å². The summed E-state index contributed by atoms with van der Waals surface area (Å²) in [6, 6.07) is 1.58. The van der Waals surface area contributed by atoms with E-state index in [1.807, 2.05) is 0 Å². The van der Waals surface area contributed by atoms with Crippen molar-refractivity contribution in [3.05, 3.63) is 22.8 Å². The van der Waals surface area contributed by atoms with Gasteiger partial charge in [-0.15, -0.1) is 0 Å². The van der Waals surface area contributed by atoms with Gasteiger partial charge < -0.3 is 19.5 Å². The fraction of sp³-hybridized carbons (Fsp3) is 0.600. The van der Waals surface area contributed by atoms with Gasteiger partial charge in [0.1, 0.15) is 11.1 Å². The summed E-state index contributed by atoms with van der Waals surface area (Å²) in [5, 5.41) is 3.13. The summed E-state index contributed by atoms with van der Waals surface area (Å²) in [6.07, 6.45) is 3.94. The third-order valence-electron chi connectivity index (χ3n) is 3.33. The maximum atomic E-state index is 12.0. The predicted molar refractivity (Wildman–Crippen MR) is 82.5 cm³/mol. The number of nitrogens with one attached hydrogen (secondary N) is 1. The molecule has 0 saturated carbocycles. The first-order chi connectivity index (χ1) is 10.7. The minimum atomic E-state index is -0.205. The molecule has 1 N–H and O–H groups in total. The fourth-order valence-electron chi connectivity index (χ4n) is 2.11. The molecule has 1 aliphatic rings. The van der Waals surface area contributed by atoms with Crippen LogP contribution in [-0.2, 0) is 9.47 Å². The molecule has 7 heteroatoms. The highest BCUT2D eigenvalue weighted by atomic mass is 35.5. The molecular formula is C15H21ClN2O4. The van der Waals surface area contributed by atoms with Crippen molar-refractivity contribution in [3.8, 4) is 5.88 Å². The third-order valence-corrected chi connectivity index (χ3v) is 3.60. The third kappa shape index (κ3) is 5.12. The van der Waals surface area contributed by atoms with E-state index in [0.29, 0.717) is 42.8 Å². The quantitative estimate of drug-likeness (QED) is 0.776. The lowest BCUT2D eigenvalue weighted by Gasteiger charge is -2.23. The maximum absolute atomic E-state index is 12.0. The molecule has 0 atom stereocenters. The smallest absolute Gasteiger partial charge is 0.252 e. The lowest BCUT2D eigenvalue weighted by Crippen LogP contribution is -2.27. The summed E-state index contributed by atoms with van der Waals surface area (Å²) in [4.78, 5) is 16.1. The molecule has 0 radical (unpaired) electrons. The van der Waals surface area contributed by atoms with Gasteiger partial charge in [0, 0.05) is 39.3 Å². The number of carbonyl (C=O) groups excluding carboxylic acids is 1. The van der Waals surface area contributed by atoms with Crippen molar-refractivity contribution >= 4 is 17.5 Å². The number of aromatic nitrogens is 1. The van der Waals surface area contributed by atoms with Gasteiger partial charge in [0.25, 0.3) is 5.91 Å². The molecule has 0 aromatic carbocycles. The maximum Gasteiger partial charge on any atom is 0.252 e. The molecule has 1 fully saturated rings. The Kier molecular flexibility index (Phi) is 6.89. The van der Waals surface area contributed by atoms with E-state index in [-0.39, 0.29) is 12.0 Å². The lowest BCUT2D eigenvalue weighted by atomic mass is 10.1. The zero-order chi connectivity index (χ0) is 15.8. The van der Waals surface area contributed by atoms with Crippen LogP contribution in [0.4, 0.5) is 0 Å². The number of ether oxygens (including phenoxy) is 3. The minimum absolute atomic E-state index is 0.0625. The average molecular weight is 329 g/mol. The van der Waals surface area contributed by atoms with Gasteiger partial charge in [0.15, 0.2) is 0 Å². The number of halogens is 1. The van der Waals surface area contributed by atoms with E-state index in [9.17, 15) is 4.79 Å². The molecule has 0 bridgehead atoms. The summed E-state index contributed by atoms with van der Waals surface area (Å²) in [5.41, 5.74) is 0.418. The van der Waals surface area contributed by atoms with Crippen LogP contribution in [0.2, 0.25) is 5.02 Å². The van der Waals surface area contributed by atoms with Gasteiger partial charge in [0.2, 0.25) is 5.88 Å². The first-order valence-electron chi connectivity index (χ1n) is 7.38. The van der Waals surface area contributed by atoms with Gasteiger partial charge in [-0.05, 0) is 12.5 Å². The number of nitrogens with zero attached hydrogens (tertiary/aromatic N) is 1. The summed E-state index contributed by atoms with van der Waals surface area (Å²) in [6.45, 7) is 2.52. The van der Waals surface area contributed by atoms with Crippen molar-refractivity contribution < 1.29 is 19.0 Å². The lowest BCUT2D eigenvalue weighted by molar-refractivity contribution is 0.0238. The molecule has 1 aromatic heterocycles. The van der Waals surface area contributed by atoms with Crippen molar-refractivity contribution in [3.63, 3.8) is 0 Å². The van der Waals surface area contributed by atoms with Crippen molar-refractivity contribution in [2.75, 3.05) is 33.5 Å². The Balaban J connectivity index is 1.89. The Labute approximate surface area is 135 Å². The molecule has 1 aromatic rings. The zero-order valence-corrected chi connectivity index (χ0v) is 13.4. The Hall–Kier alpha value is -1.37. The van der Waals surface area contributed by atoms with Crippen LogP contribution in [0.3, 0.4) is 0 Å². The van der Waals surface area contributed by atoms with E-state index in [4.69, 9.17) is 25.8 Å². The normalized spacial score (nSPS) is 15.5. The molecule has 1 saturated heterocycles. The standard InChI is InChI=1S/C15H21ClN2O4/c1-20-6-2-5-17-14(19)11-9-13(16)15(18-10-11)22-12-3-7-21-8-4-12/h9-10,12H,2-8H2,1H3,(H,17,19). The second-order valence-electron chi connectivity index (χ2n) is 5.04. The van der Waals surface area contributed by atoms with Crippen LogP contribution < -0.4 is 10.1 Å². The molecule has 1 amide bonds. The van der Waals surface area contributed by atoms with E-state index in [1.54, 1.807) is 13.2 Å². The first-order valence-corrected chi connectivity index (χ1v) is 7.75. The molecule has 1 aliphatic heterocycles. The Bertz CT molecular complexity index is 492. The molecule has 2 heterocycles. The molecule has 6 nitrogen and oxygen atoms in total. The van der Waals surface area contributed by atoms with Gasteiger partial charge in [-0.1, -0.05) is 11.6 Å². The Morgan fingerprint density at radius 2 is 2.27 bits per heavy atom. The summed E-state index contributed by atoms with van der Waals surface area (Å²) in [5.74, 6) is 0.160. The largest absolute Gasteiger partial charge is 0.473 e. The second kappa shape index (κ2) is 8.92. The van der Waals surface area contributed by atoms with Crippen LogP contribution in [0.25, 0.3) is 0 Å². The Morgan fingerprint density at radius 3 is 2.95 bits per heavy atom. The number of amides is 1. The summed E-state index contributed by atoms with van der Waals surface area (Å²) < 4.78 is 16.0. The molecule has 2 rings (SSSR count). The molecular weight excluding hydrogens is 308 g/mol. The van der Waals surface area contributed by atoms with Crippen molar-refractivity contribution in [2.24, 2.45) is 0 Å². The van der Waals surface area contributed by atoms with Crippen molar-refractivity contribution in [2.45, 2.75) is 25.4 Å². The fourth-order valence-corrected chi connectivity index (χ4v) is 2.32.